The summed E-state index contributed by atoms with van der Waals surface area (Å²) in [6.07, 6.45) is 0.976. The highest BCUT2D eigenvalue weighted by atomic mass is 32.1. The first kappa shape index (κ1) is 21.0. The first-order valence-corrected chi connectivity index (χ1v) is 10.3. The van der Waals surface area contributed by atoms with E-state index in [9.17, 15) is 4.79 Å². The van der Waals surface area contributed by atoms with Crippen LogP contribution in [0.5, 0.6) is 0 Å². The van der Waals surface area contributed by atoms with Crippen LogP contribution in [0.1, 0.15) is 46.4 Å². The Morgan fingerprint density at radius 1 is 1.07 bits per heavy atom. The molecular formula is C21H30N4OS. The van der Waals surface area contributed by atoms with Crippen molar-refractivity contribution in [3.63, 3.8) is 0 Å². The van der Waals surface area contributed by atoms with E-state index in [1.54, 1.807) is 0 Å². The Bertz CT molecular complexity index is 752. The molecule has 0 aliphatic rings. The normalized spacial score (nSPS) is 12.5. The van der Waals surface area contributed by atoms with Gasteiger partial charge in [-0.05, 0) is 57.5 Å². The van der Waals surface area contributed by atoms with E-state index in [0.29, 0.717) is 24.7 Å². The standard InChI is InChI=1S/C21H30N4OS/c1-5-22-20(26)18-10-8-17(9-11-18)14-24-21(23-6-2)25-15(3)13-19-12-7-16(4)27-19/h7-12,15H,5-6,13-14H2,1-4H3,(H,22,26)(H2,23,24,25). The molecule has 1 unspecified atom stereocenters. The van der Waals surface area contributed by atoms with Crippen molar-refractivity contribution in [1.29, 1.82) is 0 Å². The number of guanidine groups is 1. The maximum absolute atomic E-state index is 11.8. The fraction of sp³-hybridized carbons (Fsp3) is 0.429. The van der Waals surface area contributed by atoms with Gasteiger partial charge in [0.05, 0.1) is 6.54 Å². The number of hydrogen-bond donors (Lipinski definition) is 3. The number of amides is 1. The number of benzene rings is 1. The van der Waals surface area contributed by atoms with Crippen molar-refractivity contribution in [2.75, 3.05) is 13.1 Å². The number of nitrogens with zero attached hydrogens (tertiary/aromatic N) is 1. The van der Waals surface area contributed by atoms with E-state index in [2.05, 4.69) is 53.8 Å². The van der Waals surface area contributed by atoms with Gasteiger partial charge in [-0.2, -0.15) is 0 Å². The summed E-state index contributed by atoms with van der Waals surface area (Å²) in [5, 5.41) is 9.58. The molecule has 146 valence electrons. The summed E-state index contributed by atoms with van der Waals surface area (Å²) >= 11 is 1.84. The molecule has 1 amide bonds. The highest BCUT2D eigenvalue weighted by molar-refractivity contribution is 7.11. The van der Waals surface area contributed by atoms with Gasteiger partial charge in [0.1, 0.15) is 0 Å². The molecule has 1 aromatic heterocycles. The Morgan fingerprint density at radius 2 is 1.78 bits per heavy atom. The Kier molecular flexibility index (Phi) is 8.33. The predicted octanol–water partition coefficient (Wildman–Crippen LogP) is 3.49. The molecule has 0 radical (unpaired) electrons. The van der Waals surface area contributed by atoms with Crippen LogP contribution in [0.15, 0.2) is 41.4 Å². The van der Waals surface area contributed by atoms with Crippen molar-refractivity contribution in [2.24, 2.45) is 4.99 Å². The molecule has 2 aromatic rings. The van der Waals surface area contributed by atoms with Gasteiger partial charge in [-0.15, -0.1) is 11.3 Å². The lowest BCUT2D eigenvalue weighted by molar-refractivity contribution is 0.0956. The van der Waals surface area contributed by atoms with Crippen LogP contribution < -0.4 is 16.0 Å². The summed E-state index contributed by atoms with van der Waals surface area (Å²) in [7, 11) is 0. The molecule has 0 aliphatic heterocycles. The monoisotopic (exact) mass is 386 g/mol. The largest absolute Gasteiger partial charge is 0.357 e. The topological polar surface area (TPSA) is 65.5 Å². The number of carbonyl (C=O) groups excluding carboxylic acids is 1. The van der Waals surface area contributed by atoms with Crippen molar-refractivity contribution in [2.45, 2.75) is 46.7 Å². The summed E-state index contributed by atoms with van der Waals surface area (Å²) in [6, 6.07) is 12.2. The fourth-order valence-electron chi connectivity index (χ4n) is 2.70. The molecular weight excluding hydrogens is 356 g/mol. The number of aliphatic imine (C=N–C) groups is 1. The van der Waals surface area contributed by atoms with E-state index < -0.39 is 0 Å². The van der Waals surface area contributed by atoms with Crippen LogP contribution in [-0.2, 0) is 13.0 Å². The zero-order valence-corrected chi connectivity index (χ0v) is 17.5. The smallest absolute Gasteiger partial charge is 0.251 e. The van der Waals surface area contributed by atoms with Gasteiger partial charge in [-0.1, -0.05) is 12.1 Å². The van der Waals surface area contributed by atoms with Crippen LogP contribution >= 0.6 is 11.3 Å². The average molecular weight is 387 g/mol. The highest BCUT2D eigenvalue weighted by Crippen LogP contribution is 2.16. The van der Waals surface area contributed by atoms with Gasteiger partial charge in [0.25, 0.3) is 5.91 Å². The van der Waals surface area contributed by atoms with Gasteiger partial charge in [-0.25, -0.2) is 4.99 Å². The number of nitrogens with one attached hydrogen (secondary N) is 3. The SMILES string of the molecule is CCNC(=O)c1ccc(CN=C(NCC)NC(C)Cc2ccc(C)s2)cc1. The molecule has 0 spiro atoms. The van der Waals surface area contributed by atoms with Crippen molar-refractivity contribution in [3.8, 4) is 0 Å². The minimum Gasteiger partial charge on any atom is -0.357 e. The Hall–Kier alpha value is -2.34. The number of rotatable bonds is 8. The van der Waals surface area contributed by atoms with Gasteiger partial charge in [-0.3, -0.25) is 4.79 Å². The van der Waals surface area contributed by atoms with Crippen LogP contribution in [0, 0.1) is 6.92 Å². The van der Waals surface area contributed by atoms with Crippen LogP contribution in [0.3, 0.4) is 0 Å². The van der Waals surface area contributed by atoms with Crippen molar-refractivity contribution >= 4 is 23.2 Å². The second-order valence-corrected chi connectivity index (χ2v) is 7.89. The number of thiophene rings is 1. The average Bonchev–Trinajstić information content (AvgIpc) is 3.05. The summed E-state index contributed by atoms with van der Waals surface area (Å²) < 4.78 is 0. The van der Waals surface area contributed by atoms with E-state index in [4.69, 9.17) is 0 Å². The first-order valence-electron chi connectivity index (χ1n) is 9.49. The maximum Gasteiger partial charge on any atom is 0.251 e. The summed E-state index contributed by atoms with van der Waals surface area (Å²) in [5.41, 5.74) is 1.75. The second-order valence-electron chi connectivity index (χ2n) is 6.51. The Balaban J connectivity index is 1.94. The minimum atomic E-state index is -0.0415. The predicted molar refractivity (Wildman–Crippen MR) is 115 cm³/mol. The molecule has 1 atom stereocenters. The van der Waals surface area contributed by atoms with Gasteiger partial charge in [0, 0.05) is 40.9 Å². The Labute approximate surface area is 166 Å². The molecule has 0 aliphatic carbocycles. The number of carbonyl (C=O) groups is 1. The minimum absolute atomic E-state index is 0.0415. The maximum atomic E-state index is 11.8. The van der Waals surface area contributed by atoms with E-state index in [0.717, 1.165) is 24.5 Å². The molecule has 0 bridgehead atoms. The van der Waals surface area contributed by atoms with Crippen molar-refractivity contribution < 1.29 is 4.79 Å². The molecule has 6 heteroatoms. The third-order valence-corrected chi connectivity index (χ3v) is 5.03. The third kappa shape index (κ3) is 7.06. The van der Waals surface area contributed by atoms with Crippen molar-refractivity contribution in [1.82, 2.24) is 16.0 Å². The molecule has 0 fully saturated rings. The molecule has 1 aromatic carbocycles. The number of aryl methyl sites for hydroxylation is 1. The van der Waals surface area contributed by atoms with Crippen LogP contribution in [0.25, 0.3) is 0 Å². The van der Waals surface area contributed by atoms with E-state index in [1.165, 1.54) is 9.75 Å². The van der Waals surface area contributed by atoms with Crippen LogP contribution in [0.4, 0.5) is 0 Å². The zero-order valence-electron chi connectivity index (χ0n) is 16.6. The lowest BCUT2D eigenvalue weighted by atomic mass is 10.1. The van der Waals surface area contributed by atoms with Gasteiger partial charge >= 0.3 is 0 Å². The van der Waals surface area contributed by atoms with E-state index in [1.807, 2.05) is 42.5 Å². The quantitative estimate of drug-likeness (QED) is 0.481. The third-order valence-electron chi connectivity index (χ3n) is 4.00. The van der Waals surface area contributed by atoms with Crippen LogP contribution in [-0.4, -0.2) is 31.0 Å². The number of hydrogen-bond acceptors (Lipinski definition) is 3. The molecule has 0 saturated heterocycles. The molecule has 27 heavy (non-hydrogen) atoms. The Morgan fingerprint density at radius 3 is 2.37 bits per heavy atom. The van der Waals surface area contributed by atoms with Gasteiger partial charge < -0.3 is 16.0 Å². The lowest BCUT2D eigenvalue weighted by Crippen LogP contribution is -2.43. The van der Waals surface area contributed by atoms with E-state index >= 15 is 0 Å². The van der Waals surface area contributed by atoms with Gasteiger partial charge in [0.2, 0.25) is 0 Å². The van der Waals surface area contributed by atoms with E-state index in [-0.39, 0.29) is 5.91 Å². The second kappa shape index (κ2) is 10.7. The molecule has 1 heterocycles. The molecule has 0 saturated carbocycles. The summed E-state index contributed by atoms with van der Waals surface area (Å²) in [5.74, 6) is 0.770. The van der Waals surface area contributed by atoms with Gasteiger partial charge in [0.15, 0.2) is 5.96 Å². The summed E-state index contributed by atoms with van der Waals surface area (Å²) in [6.45, 7) is 10.3. The molecule has 3 N–H and O–H groups in total. The zero-order chi connectivity index (χ0) is 19.6. The highest BCUT2D eigenvalue weighted by Gasteiger charge is 2.08. The van der Waals surface area contributed by atoms with Crippen LogP contribution in [0.2, 0.25) is 0 Å². The summed E-state index contributed by atoms with van der Waals surface area (Å²) in [4.78, 5) is 19.2. The fourth-order valence-corrected chi connectivity index (χ4v) is 3.71. The molecule has 2 rings (SSSR count). The van der Waals surface area contributed by atoms with Crippen molar-refractivity contribution in [3.05, 3.63) is 57.3 Å². The first-order chi connectivity index (χ1) is 13.0. The lowest BCUT2D eigenvalue weighted by Gasteiger charge is -2.17. The molecule has 5 nitrogen and oxygen atoms in total.